The topological polar surface area (TPSA) is 38.7 Å². The Morgan fingerprint density at radius 1 is 1.40 bits per heavy atom. The molecule has 15 heavy (non-hydrogen) atoms. The van der Waals surface area contributed by atoms with Crippen LogP contribution in [0, 0.1) is 5.92 Å². The van der Waals surface area contributed by atoms with E-state index >= 15 is 0 Å². The summed E-state index contributed by atoms with van der Waals surface area (Å²) in [5, 5.41) is 12.7. The van der Waals surface area contributed by atoms with Crippen LogP contribution in [0.25, 0.3) is 0 Å². The molecule has 0 aromatic carbocycles. The lowest BCUT2D eigenvalue weighted by Gasteiger charge is -2.30. The quantitative estimate of drug-likeness (QED) is 0.660. The third kappa shape index (κ3) is 4.47. The molecule has 0 amide bonds. The summed E-state index contributed by atoms with van der Waals surface area (Å²) < 4.78 is 0. The Hall–Kier alpha value is -0.160. The van der Waals surface area contributed by atoms with Gasteiger partial charge in [0.25, 0.3) is 0 Å². The van der Waals surface area contributed by atoms with Crippen molar-refractivity contribution in [2.45, 2.75) is 13.0 Å². The summed E-state index contributed by atoms with van der Waals surface area (Å²) in [6.45, 7) is 7.69. The van der Waals surface area contributed by atoms with Crippen molar-refractivity contribution in [2.24, 2.45) is 5.92 Å². The zero-order chi connectivity index (χ0) is 11.3. The van der Waals surface area contributed by atoms with E-state index in [4.69, 9.17) is 0 Å². The smallest absolute Gasteiger partial charge is 0.0599 e. The van der Waals surface area contributed by atoms with E-state index in [0.717, 1.165) is 32.7 Å². The summed E-state index contributed by atoms with van der Waals surface area (Å²) in [6, 6.07) is 0.287. The lowest BCUT2D eigenvalue weighted by molar-refractivity contribution is 0.116. The monoisotopic (exact) mass is 215 g/mol. The number of likely N-dealkylation sites (N-methyl/N-ethyl adjacent to an activating group) is 1. The summed E-state index contributed by atoms with van der Waals surface area (Å²) >= 11 is 0. The molecule has 2 unspecified atom stereocenters. The van der Waals surface area contributed by atoms with Crippen LogP contribution in [0.1, 0.15) is 6.92 Å². The molecule has 4 nitrogen and oxygen atoms in total. The molecule has 1 aliphatic rings. The van der Waals surface area contributed by atoms with Gasteiger partial charge in [0, 0.05) is 32.2 Å². The van der Waals surface area contributed by atoms with Crippen LogP contribution in [0.4, 0.5) is 0 Å². The molecule has 0 bridgehead atoms. The van der Waals surface area contributed by atoms with Crippen molar-refractivity contribution in [3.63, 3.8) is 0 Å². The predicted octanol–water partition coefficient (Wildman–Crippen LogP) is -0.550. The Morgan fingerprint density at radius 2 is 2.13 bits per heavy atom. The molecular weight excluding hydrogens is 190 g/mol. The molecule has 1 saturated heterocycles. The summed E-state index contributed by atoms with van der Waals surface area (Å²) in [5.41, 5.74) is 0. The van der Waals surface area contributed by atoms with Gasteiger partial charge in [0.2, 0.25) is 0 Å². The number of aliphatic hydroxyl groups excluding tert-OH is 1. The summed E-state index contributed by atoms with van der Waals surface area (Å²) in [5.74, 6) is 0.670. The second-order valence-electron chi connectivity index (χ2n) is 4.90. The van der Waals surface area contributed by atoms with Gasteiger partial charge in [-0.3, -0.25) is 4.90 Å². The van der Waals surface area contributed by atoms with E-state index in [1.165, 1.54) is 0 Å². The first kappa shape index (κ1) is 12.9. The molecule has 0 spiro atoms. The second-order valence-corrected chi connectivity index (χ2v) is 4.90. The molecule has 0 aromatic heterocycles. The van der Waals surface area contributed by atoms with Gasteiger partial charge in [-0.2, -0.15) is 0 Å². The van der Waals surface area contributed by atoms with Gasteiger partial charge >= 0.3 is 0 Å². The van der Waals surface area contributed by atoms with Crippen LogP contribution in [0.5, 0.6) is 0 Å². The van der Waals surface area contributed by atoms with Crippen molar-refractivity contribution in [1.29, 1.82) is 0 Å². The highest BCUT2D eigenvalue weighted by Gasteiger charge is 2.22. The van der Waals surface area contributed by atoms with E-state index in [0.29, 0.717) is 5.92 Å². The van der Waals surface area contributed by atoms with E-state index in [1.54, 1.807) is 0 Å². The van der Waals surface area contributed by atoms with Gasteiger partial charge < -0.3 is 15.3 Å². The van der Waals surface area contributed by atoms with Crippen molar-refractivity contribution in [3.8, 4) is 0 Å². The Bertz CT molecular complexity index is 175. The number of hydrogen-bond acceptors (Lipinski definition) is 4. The molecule has 1 fully saturated rings. The maximum absolute atomic E-state index is 9.34. The van der Waals surface area contributed by atoms with Crippen LogP contribution in [-0.4, -0.2) is 74.4 Å². The van der Waals surface area contributed by atoms with Crippen molar-refractivity contribution in [1.82, 2.24) is 15.1 Å². The molecule has 0 aliphatic carbocycles. The first-order valence-corrected chi connectivity index (χ1v) is 5.83. The molecule has 0 radical (unpaired) electrons. The highest BCUT2D eigenvalue weighted by Crippen LogP contribution is 2.08. The zero-order valence-corrected chi connectivity index (χ0v) is 10.2. The average molecular weight is 215 g/mol. The molecule has 90 valence electrons. The third-order valence-electron chi connectivity index (χ3n) is 2.98. The van der Waals surface area contributed by atoms with Crippen molar-refractivity contribution >= 4 is 0 Å². The number of hydrogen-bond donors (Lipinski definition) is 2. The first-order valence-electron chi connectivity index (χ1n) is 5.83. The predicted molar refractivity (Wildman–Crippen MR) is 63.0 cm³/mol. The summed E-state index contributed by atoms with van der Waals surface area (Å²) in [7, 11) is 4.18. The third-order valence-corrected chi connectivity index (χ3v) is 2.98. The molecular formula is C11H25N3O. The van der Waals surface area contributed by atoms with Gasteiger partial charge in [0.1, 0.15) is 0 Å². The normalized spacial score (nSPS) is 29.4. The first-order chi connectivity index (χ1) is 7.13. The number of aliphatic hydroxyl groups is 1. The lowest BCUT2D eigenvalue weighted by Crippen LogP contribution is -2.45. The minimum absolute atomic E-state index is 0.257. The summed E-state index contributed by atoms with van der Waals surface area (Å²) in [4.78, 5) is 4.60. The highest BCUT2D eigenvalue weighted by molar-refractivity contribution is 4.80. The SMILES string of the molecule is CC1CNCC(CO)N(CCN(C)C)C1. The maximum atomic E-state index is 9.34. The van der Waals surface area contributed by atoms with Crippen LogP contribution in [0.2, 0.25) is 0 Å². The molecule has 2 atom stereocenters. The molecule has 1 heterocycles. The van der Waals surface area contributed by atoms with Gasteiger partial charge in [0.15, 0.2) is 0 Å². The second kappa shape index (κ2) is 6.43. The van der Waals surface area contributed by atoms with Gasteiger partial charge in [-0.05, 0) is 26.6 Å². The Labute approximate surface area is 93.2 Å². The molecule has 1 aliphatic heterocycles. The van der Waals surface area contributed by atoms with Crippen molar-refractivity contribution < 1.29 is 5.11 Å². The number of nitrogens with one attached hydrogen (secondary N) is 1. The van der Waals surface area contributed by atoms with E-state index in [1.807, 2.05) is 0 Å². The van der Waals surface area contributed by atoms with E-state index in [9.17, 15) is 5.11 Å². The molecule has 0 saturated carbocycles. The van der Waals surface area contributed by atoms with E-state index in [-0.39, 0.29) is 12.6 Å². The van der Waals surface area contributed by atoms with Crippen LogP contribution in [-0.2, 0) is 0 Å². The van der Waals surface area contributed by atoms with Crippen molar-refractivity contribution in [2.75, 3.05) is 53.4 Å². The molecule has 0 aromatic rings. The van der Waals surface area contributed by atoms with Crippen LogP contribution in [0.15, 0.2) is 0 Å². The maximum Gasteiger partial charge on any atom is 0.0599 e. The highest BCUT2D eigenvalue weighted by atomic mass is 16.3. The number of rotatable bonds is 4. The largest absolute Gasteiger partial charge is 0.395 e. The zero-order valence-electron chi connectivity index (χ0n) is 10.2. The van der Waals surface area contributed by atoms with E-state index < -0.39 is 0 Å². The standard InChI is InChI=1S/C11H25N3O/c1-10-6-12-7-11(9-15)14(8-10)5-4-13(2)3/h10-12,15H,4-9H2,1-3H3. The van der Waals surface area contributed by atoms with Crippen LogP contribution in [0.3, 0.4) is 0 Å². The lowest BCUT2D eigenvalue weighted by atomic mass is 10.1. The van der Waals surface area contributed by atoms with Crippen LogP contribution < -0.4 is 5.32 Å². The van der Waals surface area contributed by atoms with Crippen LogP contribution >= 0.6 is 0 Å². The number of nitrogens with zero attached hydrogens (tertiary/aromatic N) is 2. The average Bonchev–Trinajstić information content (AvgIpc) is 2.36. The van der Waals surface area contributed by atoms with Gasteiger partial charge in [-0.25, -0.2) is 0 Å². The fourth-order valence-electron chi connectivity index (χ4n) is 2.02. The Kier molecular flexibility index (Phi) is 5.53. The molecule has 4 heteroatoms. The van der Waals surface area contributed by atoms with Gasteiger partial charge in [-0.1, -0.05) is 6.92 Å². The minimum Gasteiger partial charge on any atom is -0.395 e. The Balaban J connectivity index is 2.46. The molecule has 2 N–H and O–H groups in total. The Morgan fingerprint density at radius 3 is 2.73 bits per heavy atom. The van der Waals surface area contributed by atoms with Crippen molar-refractivity contribution in [3.05, 3.63) is 0 Å². The fraction of sp³-hybridized carbons (Fsp3) is 1.00. The fourth-order valence-corrected chi connectivity index (χ4v) is 2.02. The minimum atomic E-state index is 0.257. The summed E-state index contributed by atoms with van der Waals surface area (Å²) in [6.07, 6.45) is 0. The van der Waals surface area contributed by atoms with Gasteiger partial charge in [-0.15, -0.1) is 0 Å². The van der Waals surface area contributed by atoms with E-state index in [2.05, 4.69) is 36.1 Å². The van der Waals surface area contributed by atoms with Gasteiger partial charge in [0.05, 0.1) is 6.61 Å². The molecule has 1 rings (SSSR count).